The van der Waals surface area contributed by atoms with E-state index in [0.29, 0.717) is 12.8 Å². The maximum atomic E-state index is 12.7. The number of phosphoric ester groups is 1. The van der Waals surface area contributed by atoms with E-state index in [9.17, 15) is 19.0 Å². The fourth-order valence-electron chi connectivity index (χ4n) is 7.39. The van der Waals surface area contributed by atoms with Crippen LogP contribution in [0.5, 0.6) is 0 Å². The first-order valence-corrected chi connectivity index (χ1v) is 31.8. The van der Waals surface area contributed by atoms with Crippen LogP contribution in [0.3, 0.4) is 0 Å². The highest BCUT2D eigenvalue weighted by atomic mass is 31.2. The van der Waals surface area contributed by atoms with Crippen molar-refractivity contribution in [2.45, 2.75) is 213 Å². The van der Waals surface area contributed by atoms with Crippen molar-refractivity contribution in [2.75, 3.05) is 26.4 Å². The molecule has 79 heavy (non-hydrogen) atoms. The number of hydrogen-bond acceptors (Lipinski definition) is 8. The van der Waals surface area contributed by atoms with Crippen LogP contribution in [0.1, 0.15) is 206 Å². The van der Waals surface area contributed by atoms with Crippen molar-refractivity contribution in [3.05, 3.63) is 182 Å². The van der Waals surface area contributed by atoms with Gasteiger partial charge >= 0.3 is 19.8 Å². The zero-order valence-electron chi connectivity index (χ0n) is 49.3. The number of phosphoric acid groups is 1. The Bertz CT molecular complexity index is 1940. The highest BCUT2D eigenvalue weighted by Gasteiger charge is 2.26. The van der Waals surface area contributed by atoms with E-state index in [1.54, 1.807) is 0 Å². The number of carbonyl (C=O) groups excluding carboxylic acids is 2. The Kier molecular flexibility index (Phi) is 58.5. The first-order chi connectivity index (χ1) is 38.8. The summed E-state index contributed by atoms with van der Waals surface area (Å²) in [4.78, 5) is 35.2. The Hall–Kier alpha value is -4.89. The number of ether oxygens (including phenoxy) is 2. The molecule has 0 fully saturated rings. The molecule has 9 nitrogen and oxygen atoms in total. The molecule has 0 amide bonds. The first kappa shape index (κ1) is 74.1. The van der Waals surface area contributed by atoms with Crippen LogP contribution in [0, 0.1) is 0 Å². The average molecular weight is 1110 g/mol. The number of unbranched alkanes of at least 4 members (excludes halogenated alkanes) is 11. The number of allylic oxidation sites excluding steroid dienone is 30. The number of carbonyl (C=O) groups is 2. The van der Waals surface area contributed by atoms with Crippen molar-refractivity contribution < 1.29 is 37.6 Å². The highest BCUT2D eigenvalue weighted by Crippen LogP contribution is 2.43. The summed E-state index contributed by atoms with van der Waals surface area (Å²) in [6, 6.07) is 0. The molecule has 0 aromatic rings. The third-order valence-corrected chi connectivity index (χ3v) is 12.8. The number of hydrogen-bond donors (Lipinski definition) is 2. The van der Waals surface area contributed by atoms with Crippen LogP contribution in [0.25, 0.3) is 0 Å². The monoisotopic (exact) mass is 1110 g/mol. The van der Waals surface area contributed by atoms with Crippen LogP contribution in [0.4, 0.5) is 0 Å². The summed E-state index contributed by atoms with van der Waals surface area (Å²) < 4.78 is 33.0. The molecule has 0 saturated heterocycles. The average Bonchev–Trinajstić information content (AvgIpc) is 3.44. The third-order valence-electron chi connectivity index (χ3n) is 11.8. The smallest absolute Gasteiger partial charge is 0.462 e. The molecule has 0 heterocycles. The van der Waals surface area contributed by atoms with Crippen LogP contribution in [0.15, 0.2) is 182 Å². The van der Waals surface area contributed by atoms with Gasteiger partial charge in [-0.2, -0.15) is 0 Å². The van der Waals surface area contributed by atoms with Crippen LogP contribution in [0.2, 0.25) is 0 Å². The van der Waals surface area contributed by atoms with E-state index in [0.717, 1.165) is 167 Å². The predicted molar refractivity (Wildman–Crippen MR) is 339 cm³/mol. The SMILES string of the molecule is CC/C=C\C/C=C\C/C=C\C/C=C\C/C=C\C/C=C\C/C=C\C/C=C\CCCCCCCCC(=O)OC(COC(=O)CCCCCCC/C=C\C/C=C\C/C=C\C/C=C\C/C=C\C/C=C\C/C=C\CC)COP(=O)(O)OCCN. The summed E-state index contributed by atoms with van der Waals surface area (Å²) in [7, 11) is -4.41. The van der Waals surface area contributed by atoms with Crippen molar-refractivity contribution in [1.29, 1.82) is 0 Å². The Morgan fingerprint density at radius 1 is 0.380 bits per heavy atom. The van der Waals surface area contributed by atoms with E-state index in [1.165, 1.54) is 0 Å². The Morgan fingerprint density at radius 3 is 0.975 bits per heavy atom. The van der Waals surface area contributed by atoms with Gasteiger partial charge in [0.1, 0.15) is 6.61 Å². The molecule has 0 aliphatic rings. The molecule has 442 valence electrons. The summed E-state index contributed by atoms with van der Waals surface area (Å²) >= 11 is 0. The van der Waals surface area contributed by atoms with Crippen molar-refractivity contribution in [2.24, 2.45) is 5.73 Å². The maximum absolute atomic E-state index is 12.7. The molecule has 0 saturated carbocycles. The lowest BCUT2D eigenvalue weighted by atomic mass is 10.1. The zero-order chi connectivity index (χ0) is 57.3. The van der Waals surface area contributed by atoms with Gasteiger partial charge in [-0.05, 0) is 135 Å². The van der Waals surface area contributed by atoms with Crippen LogP contribution in [-0.2, 0) is 32.7 Å². The lowest BCUT2D eigenvalue weighted by Gasteiger charge is -2.19. The number of rotatable bonds is 54. The quantitative estimate of drug-likeness (QED) is 0.0264. The molecule has 3 N–H and O–H groups in total. The predicted octanol–water partition coefficient (Wildman–Crippen LogP) is 19.6. The first-order valence-electron chi connectivity index (χ1n) is 30.3. The van der Waals surface area contributed by atoms with Gasteiger partial charge in [0.2, 0.25) is 0 Å². The fraction of sp³-hybridized carbons (Fsp3) is 0.536. The largest absolute Gasteiger partial charge is 0.472 e. The van der Waals surface area contributed by atoms with E-state index < -0.39 is 32.5 Å². The summed E-state index contributed by atoms with van der Waals surface area (Å²) in [6.07, 6.45) is 93.7. The Morgan fingerprint density at radius 2 is 0.658 bits per heavy atom. The molecular formula is C69H108NO8P. The van der Waals surface area contributed by atoms with E-state index >= 15 is 0 Å². The Balaban J connectivity index is 4.13. The highest BCUT2D eigenvalue weighted by molar-refractivity contribution is 7.47. The number of nitrogens with two attached hydrogens (primary N) is 1. The second kappa shape index (κ2) is 62.3. The molecule has 2 atom stereocenters. The van der Waals surface area contributed by atoms with Gasteiger partial charge in [-0.3, -0.25) is 18.6 Å². The van der Waals surface area contributed by atoms with Crippen molar-refractivity contribution in [3.8, 4) is 0 Å². The van der Waals surface area contributed by atoms with E-state index in [2.05, 4.69) is 196 Å². The second-order valence-electron chi connectivity index (χ2n) is 19.1. The number of esters is 2. The standard InChI is InChI=1S/C69H108NO8P/c1-3-5-7-9-11-13-15-17-19-21-23-25-27-29-31-32-33-34-36-38-40-42-44-46-48-50-52-54-56-58-60-62-69(72)78-67(66-77-79(73,74)76-64-63-70)65-75-68(71)61-59-57-55-53-51-49-47-45-43-41-39-37-35-30-28-26-24-22-20-18-16-14-12-10-8-6-4-2/h5-8,11-14,17-20,23-26,29-31,33-35,38-41,44-47,67H,3-4,9-10,15-16,21-22,27-28,32,36-37,42-43,48-66,70H2,1-2H3,(H,73,74)/b7-5-,8-6-,13-11-,14-12-,19-17-,20-18-,25-23-,26-24-,31-29-,34-33-,35-30-,40-38-,41-39-,46-44-,47-45-. The van der Waals surface area contributed by atoms with Crippen molar-refractivity contribution in [3.63, 3.8) is 0 Å². The van der Waals surface area contributed by atoms with Crippen LogP contribution in [-0.4, -0.2) is 49.3 Å². The van der Waals surface area contributed by atoms with Gasteiger partial charge in [0.15, 0.2) is 6.10 Å². The molecule has 0 radical (unpaired) electrons. The molecule has 0 aliphatic heterocycles. The van der Waals surface area contributed by atoms with E-state index in [1.807, 2.05) is 0 Å². The van der Waals surface area contributed by atoms with Gasteiger partial charge in [0, 0.05) is 19.4 Å². The topological polar surface area (TPSA) is 134 Å². The molecule has 0 aliphatic carbocycles. The van der Waals surface area contributed by atoms with Gasteiger partial charge in [0.25, 0.3) is 0 Å². The normalized spacial score (nSPS) is 14.3. The molecule has 0 spiro atoms. The maximum Gasteiger partial charge on any atom is 0.472 e. The third kappa shape index (κ3) is 62.2. The lowest BCUT2D eigenvalue weighted by molar-refractivity contribution is -0.161. The minimum atomic E-state index is -4.41. The minimum absolute atomic E-state index is 0.0366. The summed E-state index contributed by atoms with van der Waals surface area (Å²) in [6.45, 7) is 3.44. The zero-order valence-corrected chi connectivity index (χ0v) is 50.2. The Labute approximate surface area is 482 Å². The lowest BCUT2D eigenvalue weighted by Crippen LogP contribution is -2.29. The minimum Gasteiger partial charge on any atom is -0.462 e. The molecular weight excluding hydrogens is 1000 g/mol. The molecule has 10 heteroatoms. The van der Waals surface area contributed by atoms with Gasteiger partial charge in [-0.1, -0.05) is 241 Å². The van der Waals surface area contributed by atoms with Gasteiger partial charge in [-0.25, -0.2) is 4.57 Å². The van der Waals surface area contributed by atoms with Gasteiger partial charge in [-0.15, -0.1) is 0 Å². The molecule has 0 rings (SSSR count). The molecule has 2 unspecified atom stereocenters. The van der Waals surface area contributed by atoms with E-state index in [4.69, 9.17) is 24.3 Å². The summed E-state index contributed by atoms with van der Waals surface area (Å²) in [5, 5.41) is 0. The van der Waals surface area contributed by atoms with E-state index in [-0.39, 0.29) is 32.6 Å². The molecule has 0 bridgehead atoms. The summed E-state index contributed by atoms with van der Waals surface area (Å²) in [5.74, 6) is -0.884. The fourth-order valence-corrected chi connectivity index (χ4v) is 8.16. The molecule has 0 aromatic carbocycles. The second-order valence-corrected chi connectivity index (χ2v) is 20.6. The van der Waals surface area contributed by atoms with Crippen LogP contribution < -0.4 is 5.73 Å². The molecule has 0 aromatic heterocycles. The van der Waals surface area contributed by atoms with Crippen molar-refractivity contribution >= 4 is 19.8 Å². The summed E-state index contributed by atoms with van der Waals surface area (Å²) in [5.41, 5.74) is 5.38. The van der Waals surface area contributed by atoms with Crippen LogP contribution >= 0.6 is 7.82 Å². The van der Waals surface area contributed by atoms with Gasteiger partial charge < -0.3 is 20.1 Å². The van der Waals surface area contributed by atoms with Gasteiger partial charge in [0.05, 0.1) is 13.2 Å². The van der Waals surface area contributed by atoms with Crippen molar-refractivity contribution in [1.82, 2.24) is 0 Å².